The van der Waals surface area contributed by atoms with Gasteiger partial charge in [0.1, 0.15) is 11.5 Å². The van der Waals surface area contributed by atoms with Crippen molar-refractivity contribution in [3.8, 4) is 23.0 Å². The van der Waals surface area contributed by atoms with E-state index in [2.05, 4.69) is 20.5 Å². The average Bonchev–Trinajstić information content (AvgIpc) is 3.25. The van der Waals surface area contributed by atoms with Gasteiger partial charge in [-0.2, -0.15) is 0 Å². The van der Waals surface area contributed by atoms with E-state index in [0.717, 1.165) is 5.56 Å². The molecule has 0 unspecified atom stereocenters. The summed E-state index contributed by atoms with van der Waals surface area (Å²) in [7, 11) is 0. The van der Waals surface area contributed by atoms with E-state index in [1.54, 1.807) is 73.1 Å². The van der Waals surface area contributed by atoms with Gasteiger partial charge in [0, 0.05) is 28.7 Å². The Morgan fingerprint density at radius 3 is 2.33 bits per heavy atom. The van der Waals surface area contributed by atoms with Crippen LogP contribution in [0.4, 0.5) is 5.69 Å². The lowest BCUT2D eigenvalue weighted by molar-refractivity contribution is -0.113. The largest absolute Gasteiger partial charge is 0.457 e. The number of hydrogen-bond donors (Lipinski definition) is 1. The number of benzene rings is 2. The molecule has 150 valence electrons. The zero-order chi connectivity index (χ0) is 20.8. The summed E-state index contributed by atoms with van der Waals surface area (Å²) in [5.74, 6) is 1.67. The summed E-state index contributed by atoms with van der Waals surface area (Å²) in [6.45, 7) is 0. The van der Waals surface area contributed by atoms with Crippen LogP contribution in [0.2, 0.25) is 5.02 Å². The van der Waals surface area contributed by atoms with Gasteiger partial charge in [-0.1, -0.05) is 23.4 Å². The Bertz CT molecular complexity index is 1120. The van der Waals surface area contributed by atoms with Crippen LogP contribution >= 0.6 is 23.4 Å². The minimum absolute atomic E-state index is 0.140. The van der Waals surface area contributed by atoms with Crippen molar-refractivity contribution < 1.29 is 13.9 Å². The van der Waals surface area contributed by atoms with Gasteiger partial charge in [-0.3, -0.25) is 9.78 Å². The van der Waals surface area contributed by atoms with E-state index in [4.69, 9.17) is 20.8 Å². The van der Waals surface area contributed by atoms with Gasteiger partial charge >= 0.3 is 0 Å². The van der Waals surface area contributed by atoms with Crippen LogP contribution in [0.3, 0.4) is 0 Å². The highest BCUT2D eigenvalue weighted by Crippen LogP contribution is 2.25. The third kappa shape index (κ3) is 5.37. The smallest absolute Gasteiger partial charge is 0.277 e. The number of anilines is 1. The number of nitrogens with zero attached hydrogens (tertiary/aromatic N) is 3. The molecule has 30 heavy (non-hydrogen) atoms. The molecule has 1 N–H and O–H groups in total. The second-order valence-electron chi connectivity index (χ2n) is 6.03. The average molecular weight is 439 g/mol. The first kappa shape index (κ1) is 19.9. The van der Waals surface area contributed by atoms with E-state index < -0.39 is 0 Å². The maximum atomic E-state index is 12.2. The molecule has 0 aliphatic heterocycles. The molecule has 0 fully saturated rings. The van der Waals surface area contributed by atoms with Gasteiger partial charge in [-0.05, 0) is 60.7 Å². The van der Waals surface area contributed by atoms with Crippen LogP contribution in [0.1, 0.15) is 0 Å². The number of thioether (sulfide) groups is 1. The van der Waals surface area contributed by atoms with Gasteiger partial charge in [-0.15, -0.1) is 10.2 Å². The molecule has 2 heterocycles. The molecular formula is C21H15ClN4O3S. The van der Waals surface area contributed by atoms with Crippen LogP contribution in [0.15, 0.2) is 82.7 Å². The molecule has 0 saturated heterocycles. The van der Waals surface area contributed by atoms with Crippen LogP contribution < -0.4 is 10.1 Å². The highest BCUT2D eigenvalue weighted by atomic mass is 35.5. The van der Waals surface area contributed by atoms with Crippen LogP contribution in [-0.2, 0) is 4.79 Å². The van der Waals surface area contributed by atoms with E-state index in [9.17, 15) is 4.79 Å². The predicted octanol–water partition coefficient (Wildman–Crippen LogP) is 5.31. The molecule has 7 nitrogen and oxygen atoms in total. The van der Waals surface area contributed by atoms with Crippen molar-refractivity contribution in [2.45, 2.75) is 5.22 Å². The van der Waals surface area contributed by atoms with Gasteiger partial charge in [0.05, 0.1) is 5.75 Å². The summed E-state index contributed by atoms with van der Waals surface area (Å²) in [4.78, 5) is 16.1. The number of nitrogens with one attached hydrogen (secondary N) is 1. The number of rotatable bonds is 7. The number of amides is 1. The fraction of sp³-hybridized carbons (Fsp3) is 0.0476. The SMILES string of the molecule is O=C(CSc1nnc(-c2ccncc2)o1)Nc1ccc(Oc2ccc(Cl)cc2)cc1. The first-order valence-corrected chi connectivity index (χ1v) is 10.2. The Hall–Kier alpha value is -3.36. The van der Waals surface area contributed by atoms with Crippen molar-refractivity contribution in [2.24, 2.45) is 0 Å². The maximum absolute atomic E-state index is 12.2. The zero-order valence-corrected chi connectivity index (χ0v) is 17.1. The van der Waals surface area contributed by atoms with Gasteiger partial charge in [-0.25, -0.2) is 0 Å². The number of carbonyl (C=O) groups is 1. The molecule has 0 aliphatic rings. The molecule has 4 aromatic rings. The second kappa shape index (κ2) is 9.43. The third-order valence-corrected chi connectivity index (χ3v) is 4.92. The molecule has 0 spiro atoms. The molecule has 9 heteroatoms. The van der Waals surface area contributed by atoms with Crippen LogP contribution in [0.25, 0.3) is 11.5 Å². The monoisotopic (exact) mass is 438 g/mol. The lowest BCUT2D eigenvalue weighted by Gasteiger charge is -2.08. The molecule has 0 radical (unpaired) electrons. The number of pyridine rings is 1. The summed E-state index contributed by atoms with van der Waals surface area (Å²) < 4.78 is 11.3. The molecule has 2 aromatic heterocycles. The van der Waals surface area contributed by atoms with E-state index in [1.807, 2.05) is 0 Å². The van der Waals surface area contributed by atoms with Crippen LogP contribution in [0, 0.1) is 0 Å². The van der Waals surface area contributed by atoms with Crippen molar-refractivity contribution in [1.29, 1.82) is 0 Å². The summed E-state index contributed by atoms with van der Waals surface area (Å²) in [6.07, 6.45) is 3.29. The van der Waals surface area contributed by atoms with Crippen molar-refractivity contribution in [1.82, 2.24) is 15.2 Å². The van der Waals surface area contributed by atoms with Crippen molar-refractivity contribution in [3.63, 3.8) is 0 Å². The van der Waals surface area contributed by atoms with E-state index in [-0.39, 0.29) is 11.7 Å². The predicted molar refractivity (Wildman–Crippen MR) is 115 cm³/mol. The molecule has 0 saturated carbocycles. The van der Waals surface area contributed by atoms with E-state index >= 15 is 0 Å². The van der Waals surface area contributed by atoms with Crippen LogP contribution in [0.5, 0.6) is 11.5 Å². The topological polar surface area (TPSA) is 90.1 Å². The van der Waals surface area contributed by atoms with Crippen molar-refractivity contribution in [2.75, 3.05) is 11.1 Å². The number of ether oxygens (including phenoxy) is 1. The van der Waals surface area contributed by atoms with E-state index in [0.29, 0.717) is 33.3 Å². The second-order valence-corrected chi connectivity index (χ2v) is 7.39. The highest BCUT2D eigenvalue weighted by molar-refractivity contribution is 7.99. The minimum atomic E-state index is -0.185. The Morgan fingerprint density at radius 2 is 1.63 bits per heavy atom. The van der Waals surface area contributed by atoms with Crippen molar-refractivity contribution in [3.05, 3.63) is 78.1 Å². The number of hydrogen-bond acceptors (Lipinski definition) is 7. The lowest BCUT2D eigenvalue weighted by Crippen LogP contribution is -2.13. The zero-order valence-electron chi connectivity index (χ0n) is 15.5. The first-order valence-electron chi connectivity index (χ1n) is 8.86. The normalized spacial score (nSPS) is 10.6. The number of halogens is 1. The third-order valence-electron chi connectivity index (χ3n) is 3.85. The standard InChI is InChI=1S/C21H15ClN4O3S/c22-15-1-5-17(6-2-15)28-18-7-3-16(4-8-18)24-19(27)13-30-21-26-25-20(29-21)14-9-11-23-12-10-14/h1-12H,13H2,(H,24,27). The Labute approximate surface area is 181 Å². The summed E-state index contributed by atoms with van der Waals surface area (Å²) >= 11 is 7.03. The van der Waals surface area contributed by atoms with Gasteiger partial charge in [0.25, 0.3) is 5.22 Å². The van der Waals surface area contributed by atoms with Crippen LogP contribution in [-0.4, -0.2) is 26.8 Å². The fourth-order valence-electron chi connectivity index (χ4n) is 2.45. The Morgan fingerprint density at radius 1 is 0.967 bits per heavy atom. The maximum Gasteiger partial charge on any atom is 0.277 e. The fourth-order valence-corrected chi connectivity index (χ4v) is 3.14. The molecule has 2 aromatic carbocycles. The van der Waals surface area contributed by atoms with Gasteiger partial charge in [0.15, 0.2) is 0 Å². The summed E-state index contributed by atoms with van der Waals surface area (Å²) in [5.41, 5.74) is 1.43. The molecular weight excluding hydrogens is 424 g/mol. The molecule has 0 aliphatic carbocycles. The highest BCUT2D eigenvalue weighted by Gasteiger charge is 2.11. The first-order chi connectivity index (χ1) is 14.7. The minimum Gasteiger partial charge on any atom is -0.457 e. The Balaban J connectivity index is 1.28. The molecule has 0 bridgehead atoms. The van der Waals surface area contributed by atoms with Gasteiger partial charge < -0.3 is 14.5 Å². The quantitative estimate of drug-likeness (QED) is 0.391. The molecule has 0 atom stereocenters. The summed E-state index contributed by atoms with van der Waals surface area (Å²) in [5, 5.41) is 11.7. The number of carbonyl (C=O) groups excluding carboxylic acids is 1. The number of aromatic nitrogens is 3. The Kier molecular flexibility index (Phi) is 6.26. The summed E-state index contributed by atoms with van der Waals surface area (Å²) in [6, 6.07) is 17.7. The molecule has 4 rings (SSSR count). The lowest BCUT2D eigenvalue weighted by atomic mass is 10.3. The molecule has 1 amide bonds. The van der Waals surface area contributed by atoms with Gasteiger partial charge in [0.2, 0.25) is 11.8 Å². The van der Waals surface area contributed by atoms with E-state index in [1.165, 1.54) is 11.8 Å². The van der Waals surface area contributed by atoms with Crippen molar-refractivity contribution >= 4 is 35.0 Å².